The number of amides is 1. The van der Waals surface area contributed by atoms with Crippen molar-refractivity contribution in [3.8, 4) is 0 Å². The van der Waals surface area contributed by atoms with Crippen molar-refractivity contribution in [3.63, 3.8) is 0 Å². The van der Waals surface area contributed by atoms with E-state index in [1.54, 1.807) is 0 Å². The minimum absolute atomic E-state index is 0.251. The molecule has 1 fully saturated rings. The van der Waals surface area contributed by atoms with Crippen LogP contribution in [0.2, 0.25) is 0 Å². The standard InChI is InChI=1S/C14H28N2O/c1-6-11(4)8-12(5)16-13(7-10(2)3)15-9-14(16)17/h10-13,15H,6-9H2,1-5H3. The van der Waals surface area contributed by atoms with Crippen LogP contribution in [0.5, 0.6) is 0 Å². The van der Waals surface area contributed by atoms with Crippen LogP contribution in [0, 0.1) is 11.8 Å². The molecule has 3 unspecified atom stereocenters. The van der Waals surface area contributed by atoms with Gasteiger partial charge >= 0.3 is 0 Å². The first-order valence-corrected chi connectivity index (χ1v) is 7.00. The quantitative estimate of drug-likeness (QED) is 0.774. The van der Waals surface area contributed by atoms with Gasteiger partial charge in [-0.1, -0.05) is 34.1 Å². The molecule has 0 aromatic rings. The maximum absolute atomic E-state index is 11.9. The van der Waals surface area contributed by atoms with Gasteiger partial charge in [0.25, 0.3) is 0 Å². The van der Waals surface area contributed by atoms with Crippen LogP contribution in [0.3, 0.4) is 0 Å². The van der Waals surface area contributed by atoms with E-state index in [1.165, 1.54) is 6.42 Å². The Morgan fingerprint density at radius 3 is 2.53 bits per heavy atom. The van der Waals surface area contributed by atoms with Crippen LogP contribution in [-0.2, 0) is 4.79 Å². The van der Waals surface area contributed by atoms with E-state index < -0.39 is 0 Å². The van der Waals surface area contributed by atoms with Gasteiger partial charge in [0.1, 0.15) is 0 Å². The Labute approximate surface area is 106 Å². The molecular formula is C14H28N2O. The summed E-state index contributed by atoms with van der Waals surface area (Å²) in [7, 11) is 0. The van der Waals surface area contributed by atoms with E-state index in [4.69, 9.17) is 0 Å². The summed E-state index contributed by atoms with van der Waals surface area (Å²) in [6.07, 6.45) is 3.60. The van der Waals surface area contributed by atoms with Gasteiger partial charge in [0, 0.05) is 6.04 Å². The van der Waals surface area contributed by atoms with Crippen LogP contribution in [0.1, 0.15) is 53.9 Å². The molecule has 0 spiro atoms. The Kier molecular flexibility index (Phi) is 5.44. The lowest BCUT2D eigenvalue weighted by atomic mass is 9.98. The zero-order valence-electron chi connectivity index (χ0n) is 12.0. The third kappa shape index (κ3) is 3.98. The van der Waals surface area contributed by atoms with E-state index in [9.17, 15) is 4.79 Å². The van der Waals surface area contributed by atoms with Crippen LogP contribution in [0.25, 0.3) is 0 Å². The third-order valence-electron chi connectivity index (χ3n) is 3.72. The SMILES string of the molecule is CCC(C)CC(C)N1C(=O)CNC1CC(C)C. The summed E-state index contributed by atoms with van der Waals surface area (Å²) >= 11 is 0. The summed E-state index contributed by atoms with van der Waals surface area (Å²) < 4.78 is 0. The summed E-state index contributed by atoms with van der Waals surface area (Å²) in [5.41, 5.74) is 0. The highest BCUT2D eigenvalue weighted by atomic mass is 16.2. The second kappa shape index (κ2) is 6.39. The first-order chi connectivity index (χ1) is 7.95. The van der Waals surface area contributed by atoms with Crippen LogP contribution >= 0.6 is 0 Å². The molecule has 1 heterocycles. The van der Waals surface area contributed by atoms with Crippen molar-refractivity contribution in [2.75, 3.05) is 6.54 Å². The van der Waals surface area contributed by atoms with E-state index >= 15 is 0 Å². The molecule has 1 N–H and O–H groups in total. The van der Waals surface area contributed by atoms with Crippen LogP contribution in [-0.4, -0.2) is 29.6 Å². The number of carbonyl (C=O) groups excluding carboxylic acids is 1. The number of hydrogen-bond donors (Lipinski definition) is 1. The van der Waals surface area contributed by atoms with Crippen molar-refractivity contribution in [1.82, 2.24) is 10.2 Å². The summed E-state index contributed by atoms with van der Waals surface area (Å²) in [5.74, 6) is 1.58. The van der Waals surface area contributed by atoms with Gasteiger partial charge in [-0.15, -0.1) is 0 Å². The van der Waals surface area contributed by atoms with Gasteiger partial charge in [-0.3, -0.25) is 10.1 Å². The number of carbonyl (C=O) groups is 1. The van der Waals surface area contributed by atoms with E-state index in [0.717, 1.165) is 12.8 Å². The Balaban J connectivity index is 2.60. The fourth-order valence-electron chi connectivity index (χ4n) is 2.63. The Hall–Kier alpha value is -0.570. The molecule has 1 saturated heterocycles. The zero-order valence-corrected chi connectivity index (χ0v) is 12.0. The van der Waals surface area contributed by atoms with E-state index in [-0.39, 0.29) is 12.1 Å². The summed E-state index contributed by atoms with van der Waals surface area (Å²) in [6, 6.07) is 0.358. The van der Waals surface area contributed by atoms with Gasteiger partial charge in [0.15, 0.2) is 0 Å². The van der Waals surface area contributed by atoms with Crippen molar-refractivity contribution >= 4 is 5.91 Å². The van der Waals surface area contributed by atoms with Crippen LogP contribution in [0.4, 0.5) is 0 Å². The first-order valence-electron chi connectivity index (χ1n) is 7.00. The van der Waals surface area contributed by atoms with Gasteiger partial charge in [0.05, 0.1) is 12.7 Å². The van der Waals surface area contributed by atoms with Crippen molar-refractivity contribution in [3.05, 3.63) is 0 Å². The maximum Gasteiger partial charge on any atom is 0.238 e. The molecule has 0 aromatic carbocycles. The normalized spacial score (nSPS) is 24.5. The molecule has 3 nitrogen and oxygen atoms in total. The molecule has 3 atom stereocenters. The predicted octanol–water partition coefficient (Wildman–Crippen LogP) is 2.62. The number of nitrogens with one attached hydrogen (secondary N) is 1. The second-order valence-corrected chi connectivity index (χ2v) is 5.93. The lowest BCUT2D eigenvalue weighted by Gasteiger charge is -2.32. The van der Waals surface area contributed by atoms with Crippen molar-refractivity contribution < 1.29 is 4.79 Å². The molecule has 1 aliphatic heterocycles. The topological polar surface area (TPSA) is 32.3 Å². The van der Waals surface area contributed by atoms with Gasteiger partial charge in [0.2, 0.25) is 5.91 Å². The molecule has 0 bridgehead atoms. The summed E-state index contributed by atoms with van der Waals surface area (Å²) in [6.45, 7) is 11.6. The van der Waals surface area contributed by atoms with E-state index in [0.29, 0.717) is 24.4 Å². The first kappa shape index (κ1) is 14.5. The zero-order chi connectivity index (χ0) is 13.0. The molecule has 17 heavy (non-hydrogen) atoms. The lowest BCUT2D eigenvalue weighted by Crippen LogP contribution is -2.44. The Bertz CT molecular complexity index is 253. The number of rotatable bonds is 6. The average molecular weight is 240 g/mol. The largest absolute Gasteiger partial charge is 0.323 e. The number of nitrogens with zero attached hydrogens (tertiary/aromatic N) is 1. The molecule has 0 aliphatic carbocycles. The monoisotopic (exact) mass is 240 g/mol. The lowest BCUT2D eigenvalue weighted by molar-refractivity contribution is -0.130. The molecule has 0 aromatic heterocycles. The van der Waals surface area contributed by atoms with Gasteiger partial charge in [-0.25, -0.2) is 0 Å². The van der Waals surface area contributed by atoms with Crippen molar-refractivity contribution in [2.45, 2.75) is 66.1 Å². The molecule has 1 aliphatic rings. The van der Waals surface area contributed by atoms with Gasteiger partial charge in [-0.2, -0.15) is 0 Å². The van der Waals surface area contributed by atoms with Crippen LogP contribution in [0.15, 0.2) is 0 Å². The third-order valence-corrected chi connectivity index (χ3v) is 3.72. The molecule has 1 rings (SSSR count). The fraction of sp³-hybridized carbons (Fsp3) is 0.929. The van der Waals surface area contributed by atoms with Gasteiger partial charge in [-0.05, 0) is 31.6 Å². The van der Waals surface area contributed by atoms with E-state index in [1.807, 2.05) is 0 Å². The molecule has 0 radical (unpaired) electrons. The molecule has 0 saturated carbocycles. The average Bonchev–Trinajstić information content (AvgIpc) is 2.58. The fourth-order valence-corrected chi connectivity index (χ4v) is 2.63. The Morgan fingerprint density at radius 1 is 1.35 bits per heavy atom. The van der Waals surface area contributed by atoms with E-state index in [2.05, 4.69) is 44.8 Å². The van der Waals surface area contributed by atoms with Gasteiger partial charge < -0.3 is 4.90 Å². The minimum Gasteiger partial charge on any atom is -0.323 e. The number of hydrogen-bond acceptors (Lipinski definition) is 2. The molecular weight excluding hydrogens is 212 g/mol. The second-order valence-electron chi connectivity index (χ2n) is 5.93. The highest BCUT2D eigenvalue weighted by molar-refractivity contribution is 5.80. The summed E-state index contributed by atoms with van der Waals surface area (Å²) in [4.78, 5) is 14.0. The maximum atomic E-state index is 11.9. The molecule has 100 valence electrons. The van der Waals surface area contributed by atoms with Crippen LogP contribution < -0.4 is 5.32 Å². The minimum atomic E-state index is 0.251. The predicted molar refractivity (Wildman–Crippen MR) is 71.6 cm³/mol. The highest BCUT2D eigenvalue weighted by Gasteiger charge is 2.34. The highest BCUT2D eigenvalue weighted by Crippen LogP contribution is 2.21. The smallest absolute Gasteiger partial charge is 0.238 e. The van der Waals surface area contributed by atoms with Crippen molar-refractivity contribution in [1.29, 1.82) is 0 Å². The van der Waals surface area contributed by atoms with Crippen molar-refractivity contribution in [2.24, 2.45) is 11.8 Å². The molecule has 3 heteroatoms. The summed E-state index contributed by atoms with van der Waals surface area (Å²) in [5, 5.41) is 3.34. The molecule has 1 amide bonds. The Morgan fingerprint density at radius 2 is 2.00 bits per heavy atom.